The Labute approximate surface area is 101 Å². The Kier molecular flexibility index (Phi) is 5.95. The van der Waals surface area contributed by atoms with Crippen LogP contribution in [0.3, 0.4) is 0 Å². The lowest BCUT2D eigenvalue weighted by atomic mass is 9.99. The Balaban J connectivity index is 4.30. The van der Waals surface area contributed by atoms with E-state index in [0.717, 1.165) is 0 Å². The second-order valence-electron chi connectivity index (χ2n) is 5.01. The third kappa shape index (κ3) is 7.57. The third-order valence-electron chi connectivity index (χ3n) is 2.08. The molecule has 0 spiro atoms. The van der Waals surface area contributed by atoms with Gasteiger partial charge in [-0.15, -0.1) is 0 Å². The number of carboxylic acids is 1. The summed E-state index contributed by atoms with van der Waals surface area (Å²) in [7, 11) is 0. The van der Waals surface area contributed by atoms with Crippen LogP contribution in [-0.2, 0) is 9.53 Å². The molecule has 0 radical (unpaired) electrons. The highest BCUT2D eigenvalue weighted by Gasteiger charge is 2.24. The molecular weight excluding hydrogens is 226 g/mol. The summed E-state index contributed by atoms with van der Waals surface area (Å²) < 4.78 is 5.02. The van der Waals surface area contributed by atoms with E-state index in [1.54, 1.807) is 27.7 Å². The number of hydrogen-bond donors (Lipinski definition) is 3. The molecule has 0 aliphatic carbocycles. The summed E-state index contributed by atoms with van der Waals surface area (Å²) in [5, 5.41) is 20.2. The molecule has 0 aromatic rings. The normalized spacial score (nSPS) is 14.9. The second-order valence-corrected chi connectivity index (χ2v) is 5.01. The van der Waals surface area contributed by atoms with Crippen LogP contribution in [0.4, 0.5) is 4.79 Å². The van der Waals surface area contributed by atoms with E-state index in [2.05, 4.69) is 5.32 Å². The molecule has 2 atom stereocenters. The molecule has 6 heteroatoms. The van der Waals surface area contributed by atoms with E-state index < -0.39 is 23.7 Å². The average Bonchev–Trinajstić information content (AvgIpc) is 2.09. The summed E-state index contributed by atoms with van der Waals surface area (Å²) in [5.41, 5.74) is -0.625. The Bertz CT molecular complexity index is 272. The number of carbonyl (C=O) groups excluding carboxylic acids is 1. The van der Waals surface area contributed by atoms with Crippen molar-refractivity contribution in [3.63, 3.8) is 0 Å². The molecule has 1 amide bonds. The Morgan fingerprint density at radius 3 is 2.24 bits per heavy atom. The summed E-state index contributed by atoms with van der Waals surface area (Å²) in [5.74, 6) is -1.34. The standard InChI is InChI=1S/C11H21NO5/c1-7(5-9(14)15)8(6-13)12-10(16)17-11(2,3)4/h7-8,13H,5-6H2,1-4H3,(H,12,16)(H,14,15)/t7-,8-/m1/s1. The molecule has 0 aromatic heterocycles. The van der Waals surface area contributed by atoms with Crippen LogP contribution in [0.5, 0.6) is 0 Å². The fourth-order valence-corrected chi connectivity index (χ4v) is 1.24. The van der Waals surface area contributed by atoms with Crippen LogP contribution >= 0.6 is 0 Å². The lowest BCUT2D eigenvalue weighted by Gasteiger charge is -2.25. The van der Waals surface area contributed by atoms with E-state index in [1.807, 2.05) is 0 Å². The number of carbonyl (C=O) groups is 2. The zero-order chi connectivity index (χ0) is 13.6. The van der Waals surface area contributed by atoms with Crippen LogP contribution < -0.4 is 5.32 Å². The molecule has 0 rings (SSSR count). The van der Waals surface area contributed by atoms with Crippen molar-refractivity contribution in [2.45, 2.75) is 45.8 Å². The smallest absolute Gasteiger partial charge is 0.407 e. The number of rotatable bonds is 5. The van der Waals surface area contributed by atoms with Crippen LogP contribution in [-0.4, -0.2) is 40.5 Å². The summed E-state index contributed by atoms with van der Waals surface area (Å²) >= 11 is 0. The number of alkyl carbamates (subject to hydrolysis) is 1. The van der Waals surface area contributed by atoms with Crippen LogP contribution in [0.2, 0.25) is 0 Å². The van der Waals surface area contributed by atoms with Crippen molar-refractivity contribution < 1.29 is 24.5 Å². The van der Waals surface area contributed by atoms with Gasteiger partial charge in [0.1, 0.15) is 5.60 Å². The van der Waals surface area contributed by atoms with Crippen molar-refractivity contribution in [2.24, 2.45) is 5.92 Å². The minimum Gasteiger partial charge on any atom is -0.481 e. The maximum Gasteiger partial charge on any atom is 0.407 e. The summed E-state index contributed by atoms with van der Waals surface area (Å²) in [6.07, 6.45) is -0.783. The molecule has 0 aromatic carbocycles. The molecule has 0 unspecified atom stereocenters. The van der Waals surface area contributed by atoms with E-state index in [9.17, 15) is 9.59 Å². The van der Waals surface area contributed by atoms with Gasteiger partial charge < -0.3 is 20.3 Å². The Hall–Kier alpha value is -1.30. The van der Waals surface area contributed by atoms with Gasteiger partial charge in [-0.25, -0.2) is 4.79 Å². The summed E-state index contributed by atoms with van der Waals surface area (Å²) in [4.78, 5) is 21.9. The Morgan fingerprint density at radius 2 is 1.88 bits per heavy atom. The number of carboxylic acid groups (broad SMARTS) is 1. The largest absolute Gasteiger partial charge is 0.481 e. The van der Waals surface area contributed by atoms with Gasteiger partial charge in [0.15, 0.2) is 0 Å². The number of aliphatic hydroxyl groups excluding tert-OH is 1. The maximum absolute atomic E-state index is 11.4. The first-order chi connectivity index (χ1) is 7.65. The summed E-state index contributed by atoms with van der Waals surface area (Å²) in [6.45, 7) is 6.49. The predicted octanol–water partition coefficient (Wildman–Crippen LogP) is 0.983. The lowest BCUT2D eigenvalue weighted by Crippen LogP contribution is -2.44. The second kappa shape index (κ2) is 6.44. The molecule has 6 nitrogen and oxygen atoms in total. The van der Waals surface area contributed by atoms with Crippen molar-refractivity contribution >= 4 is 12.1 Å². The molecule has 0 bridgehead atoms. The molecule has 3 N–H and O–H groups in total. The van der Waals surface area contributed by atoms with Crippen molar-refractivity contribution in [1.29, 1.82) is 0 Å². The summed E-state index contributed by atoms with van der Waals surface area (Å²) in [6, 6.07) is -0.624. The van der Waals surface area contributed by atoms with Crippen LogP contribution in [0, 0.1) is 5.92 Å². The first-order valence-corrected chi connectivity index (χ1v) is 5.48. The molecule has 0 heterocycles. The van der Waals surface area contributed by atoms with Gasteiger partial charge in [0, 0.05) is 6.42 Å². The molecule has 0 saturated carbocycles. The first kappa shape index (κ1) is 15.7. The van der Waals surface area contributed by atoms with E-state index in [-0.39, 0.29) is 18.9 Å². The molecule has 0 aliphatic rings. The molecule has 0 saturated heterocycles. The number of hydrogen-bond acceptors (Lipinski definition) is 4. The quantitative estimate of drug-likeness (QED) is 0.673. The van der Waals surface area contributed by atoms with Gasteiger partial charge in [0.05, 0.1) is 12.6 Å². The highest BCUT2D eigenvalue weighted by molar-refractivity contribution is 5.69. The van der Waals surface area contributed by atoms with Crippen LogP contribution in [0.1, 0.15) is 34.1 Å². The number of amides is 1. The molecule has 17 heavy (non-hydrogen) atoms. The minimum atomic E-state index is -0.970. The van der Waals surface area contributed by atoms with Gasteiger partial charge in [-0.1, -0.05) is 6.92 Å². The highest BCUT2D eigenvalue weighted by Crippen LogP contribution is 2.11. The molecule has 100 valence electrons. The zero-order valence-electron chi connectivity index (χ0n) is 10.7. The van der Waals surface area contributed by atoms with Gasteiger partial charge in [-0.3, -0.25) is 4.79 Å². The van der Waals surface area contributed by atoms with Crippen molar-refractivity contribution in [1.82, 2.24) is 5.32 Å². The number of nitrogens with one attached hydrogen (secondary N) is 1. The molecular formula is C11H21NO5. The van der Waals surface area contributed by atoms with Crippen molar-refractivity contribution in [3.8, 4) is 0 Å². The van der Waals surface area contributed by atoms with Crippen molar-refractivity contribution in [2.75, 3.05) is 6.61 Å². The average molecular weight is 247 g/mol. The number of aliphatic carboxylic acids is 1. The van der Waals surface area contributed by atoms with Gasteiger partial charge >= 0.3 is 12.1 Å². The fourth-order valence-electron chi connectivity index (χ4n) is 1.24. The number of aliphatic hydroxyl groups is 1. The van der Waals surface area contributed by atoms with Gasteiger partial charge in [-0.05, 0) is 26.7 Å². The topological polar surface area (TPSA) is 95.9 Å². The highest BCUT2D eigenvalue weighted by atomic mass is 16.6. The number of ether oxygens (including phenoxy) is 1. The lowest BCUT2D eigenvalue weighted by molar-refractivity contribution is -0.138. The maximum atomic E-state index is 11.4. The van der Waals surface area contributed by atoms with Crippen molar-refractivity contribution in [3.05, 3.63) is 0 Å². The monoisotopic (exact) mass is 247 g/mol. The predicted molar refractivity (Wildman–Crippen MR) is 61.7 cm³/mol. The van der Waals surface area contributed by atoms with E-state index in [1.165, 1.54) is 0 Å². The third-order valence-corrected chi connectivity index (χ3v) is 2.08. The fraction of sp³-hybridized carbons (Fsp3) is 0.818. The molecule has 0 fully saturated rings. The zero-order valence-corrected chi connectivity index (χ0v) is 10.7. The van der Waals surface area contributed by atoms with Gasteiger partial charge in [0.25, 0.3) is 0 Å². The van der Waals surface area contributed by atoms with E-state index in [4.69, 9.17) is 14.9 Å². The van der Waals surface area contributed by atoms with Crippen LogP contribution in [0.25, 0.3) is 0 Å². The SMILES string of the molecule is C[C@H](CC(=O)O)[C@@H](CO)NC(=O)OC(C)(C)C. The Morgan fingerprint density at radius 1 is 1.35 bits per heavy atom. The minimum absolute atomic E-state index is 0.124. The molecule has 0 aliphatic heterocycles. The first-order valence-electron chi connectivity index (χ1n) is 5.48. The van der Waals surface area contributed by atoms with Gasteiger partial charge in [-0.2, -0.15) is 0 Å². The van der Waals surface area contributed by atoms with Crippen LogP contribution in [0.15, 0.2) is 0 Å². The van der Waals surface area contributed by atoms with Gasteiger partial charge in [0.2, 0.25) is 0 Å². The van der Waals surface area contributed by atoms with E-state index in [0.29, 0.717) is 0 Å². The van der Waals surface area contributed by atoms with E-state index >= 15 is 0 Å².